The Morgan fingerprint density at radius 1 is 0.929 bits per heavy atom. The maximum Gasteiger partial charge on any atom is 0.338 e. The third-order valence-corrected chi connectivity index (χ3v) is 4.57. The van der Waals surface area contributed by atoms with Gasteiger partial charge in [0.05, 0.1) is 11.8 Å². The van der Waals surface area contributed by atoms with Gasteiger partial charge in [-0.1, -0.05) is 26.0 Å². The number of hydrogen-bond acceptors (Lipinski definition) is 5. The molecule has 0 spiro atoms. The Morgan fingerprint density at radius 3 is 1.96 bits per heavy atom. The molecule has 0 aliphatic rings. The zero-order chi connectivity index (χ0) is 20.9. The van der Waals surface area contributed by atoms with E-state index in [1.807, 2.05) is 12.1 Å². The van der Waals surface area contributed by atoms with Crippen molar-refractivity contribution in [3.63, 3.8) is 0 Å². The highest BCUT2D eigenvalue weighted by Gasteiger charge is 2.20. The van der Waals surface area contributed by atoms with Crippen LogP contribution in [0.4, 0.5) is 5.69 Å². The Morgan fingerprint density at radius 2 is 1.46 bits per heavy atom. The molecule has 0 fully saturated rings. The van der Waals surface area contributed by atoms with Gasteiger partial charge in [-0.15, -0.1) is 0 Å². The average molecular weight is 404 g/mol. The highest BCUT2D eigenvalue weighted by Crippen LogP contribution is 2.15. The standard InChI is InChI=1S/C21H25NO5S/c1-14(2)13-16-5-7-18(8-6-16)21(24)27-15(3)20(23)17-9-11-19(12-10-17)22-28(4,25)26/h5-12,14-15,22H,13H2,1-4H3/t15-/m0/s1. The SMILES string of the molecule is CC(C)Cc1ccc(C(=O)O[C@@H](C)C(=O)c2ccc(NS(C)(=O)=O)cc2)cc1. The molecule has 0 aromatic heterocycles. The van der Waals surface area contributed by atoms with Gasteiger partial charge in [0.2, 0.25) is 15.8 Å². The molecular weight excluding hydrogens is 378 g/mol. The number of Topliss-reactive ketones (excluding diaryl/α,β-unsaturated/α-hetero) is 1. The van der Waals surface area contributed by atoms with E-state index in [9.17, 15) is 18.0 Å². The van der Waals surface area contributed by atoms with E-state index >= 15 is 0 Å². The van der Waals surface area contributed by atoms with Crippen molar-refractivity contribution >= 4 is 27.5 Å². The van der Waals surface area contributed by atoms with Gasteiger partial charge in [-0.3, -0.25) is 9.52 Å². The summed E-state index contributed by atoms with van der Waals surface area (Å²) in [6, 6.07) is 13.1. The van der Waals surface area contributed by atoms with Gasteiger partial charge < -0.3 is 4.74 Å². The number of hydrogen-bond donors (Lipinski definition) is 1. The third kappa shape index (κ3) is 6.49. The van der Waals surface area contributed by atoms with Crippen LogP contribution in [0.25, 0.3) is 0 Å². The zero-order valence-corrected chi connectivity index (χ0v) is 17.2. The van der Waals surface area contributed by atoms with Crippen molar-refractivity contribution in [2.75, 3.05) is 11.0 Å². The first kappa shape index (κ1) is 21.6. The topological polar surface area (TPSA) is 89.5 Å². The first-order valence-corrected chi connectivity index (χ1v) is 10.9. The van der Waals surface area contributed by atoms with Crippen molar-refractivity contribution in [3.8, 4) is 0 Å². The molecule has 1 atom stereocenters. The fourth-order valence-corrected chi connectivity index (χ4v) is 3.25. The van der Waals surface area contributed by atoms with E-state index in [4.69, 9.17) is 4.74 Å². The number of ether oxygens (including phenoxy) is 1. The average Bonchev–Trinajstić information content (AvgIpc) is 2.60. The molecule has 1 N–H and O–H groups in total. The monoisotopic (exact) mass is 403 g/mol. The minimum atomic E-state index is -3.39. The smallest absolute Gasteiger partial charge is 0.338 e. The number of rotatable bonds is 8. The van der Waals surface area contributed by atoms with Crippen molar-refractivity contribution in [1.29, 1.82) is 0 Å². The molecule has 0 unspecified atom stereocenters. The first-order valence-electron chi connectivity index (χ1n) is 8.97. The van der Waals surface area contributed by atoms with Crippen LogP contribution in [0.2, 0.25) is 0 Å². The maximum absolute atomic E-state index is 12.5. The van der Waals surface area contributed by atoms with Gasteiger partial charge >= 0.3 is 5.97 Å². The fraction of sp³-hybridized carbons (Fsp3) is 0.333. The largest absolute Gasteiger partial charge is 0.451 e. The van der Waals surface area contributed by atoms with Gasteiger partial charge in [0.1, 0.15) is 0 Å². The number of carbonyl (C=O) groups is 2. The number of esters is 1. The molecule has 0 aliphatic heterocycles. The Hall–Kier alpha value is -2.67. The number of anilines is 1. The highest BCUT2D eigenvalue weighted by atomic mass is 32.2. The zero-order valence-electron chi connectivity index (χ0n) is 16.4. The van der Waals surface area contributed by atoms with Gasteiger partial charge in [0.15, 0.2) is 6.10 Å². The summed E-state index contributed by atoms with van der Waals surface area (Å²) in [7, 11) is -3.39. The molecule has 0 heterocycles. The van der Waals surface area contributed by atoms with Gasteiger partial charge in [-0.25, -0.2) is 13.2 Å². The lowest BCUT2D eigenvalue weighted by molar-refractivity contribution is 0.0319. The van der Waals surface area contributed by atoms with Crippen LogP contribution in [0.3, 0.4) is 0 Å². The number of carbonyl (C=O) groups excluding carboxylic acids is 2. The molecule has 7 heteroatoms. The van der Waals surface area contributed by atoms with Crippen LogP contribution in [-0.4, -0.2) is 32.5 Å². The van der Waals surface area contributed by atoms with Crippen molar-refractivity contribution in [3.05, 3.63) is 65.2 Å². The molecule has 150 valence electrons. The molecule has 0 saturated heterocycles. The molecular formula is C21H25NO5S. The summed E-state index contributed by atoms with van der Waals surface area (Å²) in [5, 5.41) is 0. The molecule has 28 heavy (non-hydrogen) atoms. The summed E-state index contributed by atoms with van der Waals surface area (Å²) >= 11 is 0. The molecule has 0 radical (unpaired) electrons. The van der Waals surface area contributed by atoms with Crippen LogP contribution in [0.5, 0.6) is 0 Å². The molecule has 6 nitrogen and oxygen atoms in total. The first-order chi connectivity index (χ1) is 13.0. The molecule has 2 aromatic rings. The van der Waals surface area contributed by atoms with E-state index in [1.165, 1.54) is 31.2 Å². The molecule has 2 rings (SSSR count). The summed E-state index contributed by atoms with van der Waals surface area (Å²) in [4.78, 5) is 24.8. The van der Waals surface area contributed by atoms with Gasteiger partial charge in [0.25, 0.3) is 0 Å². The van der Waals surface area contributed by atoms with Gasteiger partial charge in [0, 0.05) is 11.3 Å². The lowest BCUT2D eigenvalue weighted by Crippen LogP contribution is -2.24. The van der Waals surface area contributed by atoms with E-state index in [0.29, 0.717) is 22.7 Å². The second-order valence-corrected chi connectivity index (χ2v) is 8.91. The van der Waals surface area contributed by atoms with E-state index in [2.05, 4.69) is 18.6 Å². The Balaban J connectivity index is 2.00. The van der Waals surface area contributed by atoms with Crippen LogP contribution in [0, 0.1) is 5.92 Å². The van der Waals surface area contributed by atoms with Crippen LogP contribution in [-0.2, 0) is 21.2 Å². The van der Waals surface area contributed by atoms with Gasteiger partial charge in [-0.2, -0.15) is 0 Å². The second-order valence-electron chi connectivity index (χ2n) is 7.16. The maximum atomic E-state index is 12.5. The van der Waals surface area contributed by atoms with Crippen LogP contribution >= 0.6 is 0 Å². The Bertz CT molecular complexity index is 932. The predicted octanol–water partition coefficient (Wildman–Crippen LogP) is 3.68. The molecule has 0 aliphatic carbocycles. The van der Waals surface area contributed by atoms with Crippen molar-refractivity contribution in [2.45, 2.75) is 33.3 Å². The van der Waals surface area contributed by atoms with Crippen molar-refractivity contribution in [1.82, 2.24) is 0 Å². The van der Waals surface area contributed by atoms with E-state index in [0.717, 1.165) is 18.2 Å². The van der Waals surface area contributed by atoms with Crippen LogP contribution < -0.4 is 4.72 Å². The highest BCUT2D eigenvalue weighted by molar-refractivity contribution is 7.92. The summed E-state index contributed by atoms with van der Waals surface area (Å²) < 4.78 is 30.0. The van der Waals surface area contributed by atoms with Gasteiger partial charge in [-0.05, 0) is 61.2 Å². The quantitative estimate of drug-likeness (QED) is 0.536. The lowest BCUT2D eigenvalue weighted by Gasteiger charge is -2.13. The summed E-state index contributed by atoms with van der Waals surface area (Å²) in [6.45, 7) is 5.76. The minimum absolute atomic E-state index is 0.326. The number of benzene rings is 2. The fourth-order valence-electron chi connectivity index (χ4n) is 2.68. The van der Waals surface area contributed by atoms with Crippen LogP contribution in [0.1, 0.15) is 47.1 Å². The Labute approximate surface area is 166 Å². The summed E-state index contributed by atoms with van der Waals surface area (Å²) in [6.07, 6.45) is 1.01. The van der Waals surface area contributed by atoms with E-state index in [1.54, 1.807) is 12.1 Å². The number of nitrogens with one attached hydrogen (secondary N) is 1. The molecule has 0 amide bonds. The normalized spacial score (nSPS) is 12.5. The molecule has 2 aromatic carbocycles. The minimum Gasteiger partial charge on any atom is -0.451 e. The second kappa shape index (κ2) is 9.01. The summed E-state index contributed by atoms with van der Waals surface area (Å²) in [5.41, 5.74) is 2.20. The van der Waals surface area contributed by atoms with E-state index in [-0.39, 0.29) is 5.78 Å². The van der Waals surface area contributed by atoms with Crippen molar-refractivity contribution in [2.24, 2.45) is 5.92 Å². The van der Waals surface area contributed by atoms with Crippen LogP contribution in [0.15, 0.2) is 48.5 Å². The Kier molecular flexibility index (Phi) is 6.96. The van der Waals surface area contributed by atoms with E-state index < -0.39 is 22.1 Å². The molecule has 0 saturated carbocycles. The lowest BCUT2D eigenvalue weighted by atomic mass is 10.0. The third-order valence-electron chi connectivity index (χ3n) is 3.96. The van der Waals surface area contributed by atoms with Crippen molar-refractivity contribution < 1.29 is 22.7 Å². The molecule has 0 bridgehead atoms. The number of sulfonamides is 1. The number of ketones is 1. The summed E-state index contributed by atoms with van der Waals surface area (Å²) in [5.74, 6) is -0.405. The predicted molar refractivity (Wildman–Crippen MR) is 109 cm³/mol.